The fourth-order valence-electron chi connectivity index (χ4n) is 5.20. The van der Waals surface area contributed by atoms with E-state index >= 15 is 0 Å². The summed E-state index contributed by atoms with van der Waals surface area (Å²) >= 11 is 4.56. The zero-order valence-corrected chi connectivity index (χ0v) is 27.2. The summed E-state index contributed by atoms with van der Waals surface area (Å²) in [5.41, 5.74) is 3.66. The van der Waals surface area contributed by atoms with Crippen LogP contribution in [0.2, 0.25) is 13.3 Å². The number of thiophene rings is 4. The quantitative estimate of drug-likeness (QED) is 0.0983. The second-order valence-electron chi connectivity index (χ2n) is 9.41. The molecule has 0 amide bonds. The molecule has 35 heavy (non-hydrogen) atoms. The van der Waals surface area contributed by atoms with Gasteiger partial charge in [-0.1, -0.05) is 0 Å². The van der Waals surface area contributed by atoms with Gasteiger partial charge in [0.25, 0.3) is 0 Å². The van der Waals surface area contributed by atoms with Gasteiger partial charge in [-0.2, -0.15) is 0 Å². The van der Waals surface area contributed by atoms with Crippen molar-refractivity contribution in [2.24, 2.45) is 0 Å². The Balaban J connectivity index is 1.81. The molecule has 0 aliphatic carbocycles. The zero-order chi connectivity index (χ0) is 24.7. The molecule has 4 aromatic heterocycles. The van der Waals surface area contributed by atoms with Crippen LogP contribution in [0.1, 0.15) is 69.7 Å². The molecule has 0 aliphatic rings. The van der Waals surface area contributed by atoms with E-state index in [0.717, 1.165) is 5.56 Å². The standard InChI is InChI=1S/C17H9OS4.3C4H9.Sn/c18-10-11-3-7-20-15(11)17-13(5-9-22-17)16-12(4-8-21-16)14-2-1-6-19-14;3*1-3-4-2;/h1-2,4-10H;3*1,3-4H2,2H3;. The summed E-state index contributed by atoms with van der Waals surface area (Å²) in [6.45, 7) is 6.96. The molecule has 6 heteroatoms. The van der Waals surface area contributed by atoms with Gasteiger partial charge in [0.05, 0.1) is 0 Å². The first-order valence-electron chi connectivity index (χ1n) is 13.0. The SMILES string of the molecule is CCC[CH2][Sn]([CH2]CCC)([CH2]CCC)[c]1csc(-c2sccc2-c2sccc2-c2cccs2)c1C=O. The number of aldehydes is 1. The van der Waals surface area contributed by atoms with Crippen LogP contribution in [0, 0.1) is 0 Å². The van der Waals surface area contributed by atoms with Crippen LogP contribution in [0.3, 0.4) is 0 Å². The number of rotatable bonds is 14. The van der Waals surface area contributed by atoms with Crippen molar-refractivity contribution in [1.82, 2.24) is 0 Å². The van der Waals surface area contributed by atoms with E-state index in [1.165, 1.54) is 92.3 Å². The summed E-state index contributed by atoms with van der Waals surface area (Å²) < 4.78 is 5.72. The third-order valence-corrected chi connectivity index (χ3v) is 27.3. The van der Waals surface area contributed by atoms with E-state index < -0.39 is 18.4 Å². The van der Waals surface area contributed by atoms with E-state index in [1.807, 2.05) is 22.7 Å². The van der Waals surface area contributed by atoms with E-state index in [2.05, 4.69) is 66.6 Å². The van der Waals surface area contributed by atoms with Crippen molar-refractivity contribution in [3.63, 3.8) is 0 Å². The van der Waals surface area contributed by atoms with E-state index in [4.69, 9.17) is 0 Å². The second kappa shape index (κ2) is 13.2. The first kappa shape index (κ1) is 27.3. The second-order valence-corrected chi connectivity index (χ2v) is 26.2. The van der Waals surface area contributed by atoms with Crippen LogP contribution in [0.15, 0.2) is 45.8 Å². The average molecular weight is 648 g/mol. The number of carbonyl (C=O) groups excluding carboxylic acids is 1. The molecule has 0 aliphatic heterocycles. The van der Waals surface area contributed by atoms with Crippen molar-refractivity contribution in [3.8, 4) is 30.6 Å². The normalized spacial score (nSPS) is 11.9. The fourth-order valence-corrected chi connectivity index (χ4v) is 27.6. The summed E-state index contributed by atoms with van der Waals surface area (Å²) in [5.74, 6) is 0. The van der Waals surface area contributed by atoms with Crippen LogP contribution in [-0.4, -0.2) is 24.7 Å². The first-order valence-corrected chi connectivity index (χ1v) is 24.0. The number of hydrogen-bond acceptors (Lipinski definition) is 5. The van der Waals surface area contributed by atoms with Crippen molar-refractivity contribution in [2.45, 2.75) is 72.6 Å². The molecule has 0 radical (unpaired) electrons. The van der Waals surface area contributed by atoms with Gasteiger partial charge in [0.1, 0.15) is 0 Å². The van der Waals surface area contributed by atoms with Crippen LogP contribution in [0.25, 0.3) is 30.6 Å². The number of carbonyl (C=O) groups is 1. The van der Waals surface area contributed by atoms with E-state index in [-0.39, 0.29) is 0 Å². The molecule has 1 nitrogen and oxygen atoms in total. The predicted molar refractivity (Wildman–Crippen MR) is 164 cm³/mol. The molecule has 4 aromatic rings. The Kier molecular flexibility index (Phi) is 10.3. The summed E-state index contributed by atoms with van der Waals surface area (Å²) in [5, 5.41) is 9.00. The van der Waals surface area contributed by atoms with Crippen molar-refractivity contribution in [1.29, 1.82) is 0 Å². The van der Waals surface area contributed by atoms with Gasteiger partial charge in [0.2, 0.25) is 0 Å². The molecule has 4 heterocycles. The molecule has 0 unspecified atom stereocenters. The van der Waals surface area contributed by atoms with Gasteiger partial charge in [-0.3, -0.25) is 0 Å². The molecule has 4 rings (SSSR count). The molecule has 0 saturated heterocycles. The zero-order valence-electron chi connectivity index (χ0n) is 21.1. The predicted octanol–water partition coefficient (Wildman–Crippen LogP) is 10.8. The summed E-state index contributed by atoms with van der Waals surface area (Å²) in [6.07, 6.45) is 8.93. The maximum atomic E-state index is 12.8. The van der Waals surface area contributed by atoms with Crippen LogP contribution in [0.4, 0.5) is 0 Å². The van der Waals surface area contributed by atoms with Gasteiger partial charge in [0.15, 0.2) is 0 Å². The molecule has 0 saturated carbocycles. The fraction of sp³-hybridized carbons (Fsp3) is 0.414. The topological polar surface area (TPSA) is 17.1 Å². The third kappa shape index (κ3) is 5.90. The monoisotopic (exact) mass is 648 g/mol. The molecule has 0 aromatic carbocycles. The number of unbranched alkanes of at least 4 members (excludes halogenated alkanes) is 3. The minimum absolute atomic E-state index is 1.05. The molecule has 0 bridgehead atoms. The van der Waals surface area contributed by atoms with Gasteiger partial charge < -0.3 is 0 Å². The van der Waals surface area contributed by atoms with Crippen LogP contribution in [0.5, 0.6) is 0 Å². The minimum atomic E-state index is -2.70. The number of hydrogen-bond donors (Lipinski definition) is 0. The van der Waals surface area contributed by atoms with Crippen molar-refractivity contribution in [3.05, 3.63) is 51.3 Å². The van der Waals surface area contributed by atoms with Crippen LogP contribution < -0.4 is 3.58 Å². The molecule has 0 spiro atoms. The van der Waals surface area contributed by atoms with E-state index in [0.29, 0.717) is 0 Å². The molecule has 0 N–H and O–H groups in total. The average Bonchev–Trinajstić information content (AvgIpc) is 3.68. The Morgan fingerprint density at radius 1 is 0.714 bits per heavy atom. The Hall–Kier alpha value is -0.731. The third-order valence-electron chi connectivity index (χ3n) is 7.11. The Morgan fingerprint density at radius 3 is 1.91 bits per heavy atom. The van der Waals surface area contributed by atoms with Crippen molar-refractivity contribution >= 4 is 73.6 Å². The Bertz CT molecular complexity index is 1180. The van der Waals surface area contributed by atoms with E-state index in [9.17, 15) is 4.79 Å². The molecular formula is C29H36OS4Sn. The molecule has 186 valence electrons. The van der Waals surface area contributed by atoms with Gasteiger partial charge in [-0.25, -0.2) is 0 Å². The van der Waals surface area contributed by atoms with Gasteiger partial charge in [0, 0.05) is 0 Å². The molecular weight excluding hydrogens is 611 g/mol. The maximum absolute atomic E-state index is 12.8. The Morgan fingerprint density at radius 2 is 1.34 bits per heavy atom. The van der Waals surface area contributed by atoms with Gasteiger partial charge >= 0.3 is 233 Å². The van der Waals surface area contributed by atoms with Crippen molar-refractivity contribution < 1.29 is 4.79 Å². The summed E-state index contributed by atoms with van der Waals surface area (Å²) in [4.78, 5) is 17.9. The van der Waals surface area contributed by atoms with E-state index in [1.54, 1.807) is 22.7 Å². The summed E-state index contributed by atoms with van der Waals surface area (Å²) in [7, 11) is 0. The first-order chi connectivity index (χ1) is 17.2. The van der Waals surface area contributed by atoms with Crippen LogP contribution in [-0.2, 0) is 0 Å². The van der Waals surface area contributed by atoms with Gasteiger partial charge in [-0.05, 0) is 0 Å². The van der Waals surface area contributed by atoms with Crippen molar-refractivity contribution in [2.75, 3.05) is 0 Å². The van der Waals surface area contributed by atoms with Crippen LogP contribution >= 0.6 is 45.3 Å². The molecule has 0 atom stereocenters. The molecule has 0 fully saturated rings. The van der Waals surface area contributed by atoms with Gasteiger partial charge in [-0.15, -0.1) is 0 Å². The summed E-state index contributed by atoms with van der Waals surface area (Å²) in [6, 6.07) is 8.84. The Labute approximate surface area is 231 Å².